The van der Waals surface area contributed by atoms with Crippen LogP contribution in [-0.2, 0) is 11.3 Å². The van der Waals surface area contributed by atoms with E-state index in [1.165, 1.54) is 27.8 Å². The monoisotopic (exact) mass is 1570 g/mol. The van der Waals surface area contributed by atoms with E-state index in [4.69, 9.17) is 5.73 Å². The first-order chi connectivity index (χ1) is 54.8. The Kier molecular flexibility index (Phi) is 23.3. The molecular formula is C76H89FN30O8. The zero-order valence-corrected chi connectivity index (χ0v) is 66.1. The van der Waals surface area contributed by atoms with E-state index in [0.29, 0.717) is 86.1 Å². The number of pyridine rings is 2. The largest absolute Gasteiger partial charge is 0.398 e. The highest BCUT2D eigenvalue weighted by molar-refractivity contribution is 5.93. The Balaban J connectivity index is 0.000000122. The topological polar surface area (TPSA) is 453 Å². The number of nitrogens with one attached hydrogen (secondary N) is 6. The lowest BCUT2D eigenvalue weighted by molar-refractivity contribution is -0.115. The molecule has 39 heteroatoms. The predicted octanol–water partition coefficient (Wildman–Crippen LogP) is 9.36. The Labute approximate surface area is 650 Å². The number of H-pyrrole nitrogens is 5. The van der Waals surface area contributed by atoms with E-state index < -0.39 is 11.4 Å². The predicted molar refractivity (Wildman–Crippen MR) is 436 cm³/mol. The lowest BCUT2D eigenvalue weighted by Crippen LogP contribution is -2.20. The van der Waals surface area contributed by atoms with E-state index in [9.17, 15) is 42.7 Å². The zero-order chi connectivity index (χ0) is 82.7. The standard InChI is InChI=1S/C10H11N5O2.2C10H11N5O.C10H13N3.C9H10FN3O.3C9H11N3O/c1-5(2)15-4-11-7-8(15)13-10-12-6(16)3-14(10)9(7)17;1-6(2)15-5-12-7-8(16)13-10-11-3-4-14(10)9(7)15;1-6(2)15-5-12-7-8(15)13-10-11-3-4-14(10)9(7)16;1-7(2)13-6-4-8-9(11)3-5-12-10(8)13;1-5(2)13-3-6(10)7-8(13)11-4-12-9(7)14;1-7(2)11-5-3-8(13)9-10-4-6-12(9)11;1-6(2)12-5-11-8-7(12)3-4-10-9(8)13;1-6(2)12-4-3-7-8(12)10-5-11-9(7)13/h4-5H,3H2,1-2H3,(H,12,13,16);3-6H,1-2H3,(H,11,13,16);3-6H,1-2H3,(H,11,13);3-7H,1-2H3,(H2,11,12);3-5H,1-2H3,(H,11,12,14);3-7H,1-2H3;3-6H,1-2H3,(H,10,13);3-6H,1-2H3,(H,10,11,13). The van der Waals surface area contributed by atoms with E-state index in [0.717, 1.165) is 39.2 Å². The normalized spacial score (nSPS) is 12.0. The van der Waals surface area contributed by atoms with Crippen molar-refractivity contribution in [2.24, 2.45) is 0 Å². The zero-order valence-electron chi connectivity index (χ0n) is 66.1. The second-order valence-corrected chi connectivity index (χ2v) is 29.0. The SMILES string of the molecule is CC(C)n1cc(F)c2c(=O)[nH]cnc21.CC(C)n1ccc(=O)c2nccn21.CC(C)n1ccc2c(=O)[nH]cnc21.CC(C)n1ccc2c(N)ccnc21.CC(C)n1cnc2c(=O)[nH]c3nccn3c21.CC(C)n1cnc2c(=O)[nH]ccc21.CC(C)n1cnc2c(=O)n3c(nc21)NC(=O)C3.CC(C)n1cnc2c(=O)n3ccnc3[nH]c21. The molecule has 18 aromatic rings. The molecular weight excluding hydrogens is 1480 g/mol. The van der Waals surface area contributed by atoms with Crippen LogP contribution in [0.25, 0.3) is 94.8 Å². The fourth-order valence-corrected chi connectivity index (χ4v) is 12.7. The highest BCUT2D eigenvalue weighted by Crippen LogP contribution is 2.25. The number of halogens is 1. The average molecular weight is 1570 g/mol. The van der Waals surface area contributed by atoms with Gasteiger partial charge in [-0.3, -0.25) is 62.3 Å². The molecule has 8 N–H and O–H groups in total. The van der Waals surface area contributed by atoms with Crippen LogP contribution in [0.4, 0.5) is 16.0 Å². The molecule has 0 saturated heterocycles. The Morgan fingerprint density at radius 3 is 1.64 bits per heavy atom. The Morgan fingerprint density at radius 1 is 0.426 bits per heavy atom. The van der Waals surface area contributed by atoms with Gasteiger partial charge < -0.3 is 57.6 Å². The maximum absolute atomic E-state index is 13.3. The summed E-state index contributed by atoms with van der Waals surface area (Å²) >= 11 is 0. The van der Waals surface area contributed by atoms with E-state index in [1.807, 2.05) is 124 Å². The van der Waals surface area contributed by atoms with Crippen LogP contribution in [0, 0.1) is 5.82 Å². The van der Waals surface area contributed by atoms with E-state index in [-0.39, 0.29) is 75.2 Å². The molecule has 598 valence electrons. The molecule has 0 atom stereocenters. The number of carbonyl (C=O) groups is 1. The number of carbonyl (C=O) groups excluding carboxylic acids is 1. The van der Waals surface area contributed by atoms with Gasteiger partial charge in [-0.1, -0.05) is 0 Å². The quantitative estimate of drug-likeness (QED) is 0.0744. The van der Waals surface area contributed by atoms with Crippen LogP contribution in [0.2, 0.25) is 0 Å². The highest BCUT2D eigenvalue weighted by Gasteiger charge is 2.25. The van der Waals surface area contributed by atoms with Crippen LogP contribution in [-0.4, -0.2) is 140 Å². The van der Waals surface area contributed by atoms with E-state index in [2.05, 4.69) is 145 Å². The molecule has 19 rings (SSSR count). The third-order valence-electron chi connectivity index (χ3n) is 18.5. The minimum Gasteiger partial charge on any atom is -0.398 e. The number of imidazole rings is 7. The Hall–Kier alpha value is -14.3. The van der Waals surface area contributed by atoms with Gasteiger partial charge in [-0.2, -0.15) is 4.98 Å². The fraction of sp³-hybridized carbons (Fsp3) is 0.329. The van der Waals surface area contributed by atoms with Crippen LogP contribution in [0.5, 0.6) is 0 Å². The molecule has 1 aliphatic heterocycles. The molecule has 18 aromatic heterocycles. The molecule has 0 saturated carbocycles. The molecule has 19 heterocycles. The molecule has 0 radical (unpaired) electrons. The van der Waals surface area contributed by atoms with Crippen molar-refractivity contribution < 1.29 is 9.18 Å². The van der Waals surface area contributed by atoms with Gasteiger partial charge in [-0.05, 0) is 135 Å². The van der Waals surface area contributed by atoms with Gasteiger partial charge in [0.2, 0.25) is 28.8 Å². The van der Waals surface area contributed by atoms with Crippen molar-refractivity contribution in [2.45, 2.75) is 166 Å². The first kappa shape index (κ1) is 80.2. The molecule has 115 heavy (non-hydrogen) atoms. The maximum Gasteiger partial charge on any atom is 0.287 e. The molecule has 1 amide bonds. The lowest BCUT2D eigenvalue weighted by Gasteiger charge is -2.12. The summed E-state index contributed by atoms with van der Waals surface area (Å²) in [7, 11) is 0. The number of fused-ring (bicyclic) bond motifs is 12. The van der Waals surface area contributed by atoms with Gasteiger partial charge in [0, 0.05) is 140 Å². The molecule has 38 nitrogen and oxygen atoms in total. The number of nitrogen functional groups attached to an aromatic ring is 1. The fourth-order valence-electron chi connectivity index (χ4n) is 12.7. The summed E-state index contributed by atoms with van der Waals surface area (Å²) in [6.45, 7) is 32.6. The number of aromatic nitrogens is 28. The van der Waals surface area contributed by atoms with Crippen LogP contribution in [0.3, 0.4) is 0 Å². The van der Waals surface area contributed by atoms with Crippen LogP contribution >= 0.6 is 0 Å². The third kappa shape index (κ3) is 16.2. The van der Waals surface area contributed by atoms with E-state index >= 15 is 0 Å². The summed E-state index contributed by atoms with van der Waals surface area (Å²) in [4.78, 5) is 151. The minimum absolute atomic E-state index is 0.0195. The van der Waals surface area contributed by atoms with Gasteiger partial charge in [-0.15, -0.1) is 0 Å². The first-order valence-corrected chi connectivity index (χ1v) is 37.0. The highest BCUT2D eigenvalue weighted by atomic mass is 19.1. The number of hydrogen-bond donors (Lipinski definition) is 7. The molecule has 0 fully saturated rings. The van der Waals surface area contributed by atoms with Crippen molar-refractivity contribution in [3.8, 4) is 0 Å². The summed E-state index contributed by atoms with van der Waals surface area (Å²) in [5.41, 5.74) is 12.5. The number of hydrogen-bond acceptors (Lipinski definition) is 20. The number of rotatable bonds is 8. The Bertz CT molecular complexity index is 6890. The molecule has 0 unspecified atom stereocenters. The van der Waals surface area contributed by atoms with Crippen molar-refractivity contribution in [3.63, 3.8) is 0 Å². The van der Waals surface area contributed by atoms with Crippen LogP contribution < -0.4 is 49.8 Å². The Morgan fingerprint density at radius 2 is 0.983 bits per heavy atom. The van der Waals surface area contributed by atoms with Crippen molar-refractivity contribution in [1.82, 2.24) is 134 Å². The van der Waals surface area contributed by atoms with Gasteiger partial charge in [0.15, 0.2) is 50.5 Å². The lowest BCUT2D eigenvalue weighted by atomic mass is 10.3. The summed E-state index contributed by atoms with van der Waals surface area (Å²) < 4.78 is 35.1. The van der Waals surface area contributed by atoms with Crippen molar-refractivity contribution in [2.75, 3.05) is 11.1 Å². The molecule has 0 spiro atoms. The molecule has 1 aliphatic rings. The van der Waals surface area contributed by atoms with Gasteiger partial charge in [0.25, 0.3) is 33.4 Å². The number of aromatic amines is 5. The molecule has 0 bridgehead atoms. The van der Waals surface area contributed by atoms with Gasteiger partial charge >= 0.3 is 0 Å². The summed E-state index contributed by atoms with van der Waals surface area (Å²) in [5, 5.41) is 4.27. The number of nitrogens with zero attached hydrogens (tertiary/aromatic N) is 23. The van der Waals surface area contributed by atoms with Gasteiger partial charge in [0.1, 0.15) is 28.9 Å². The number of nitrogens with two attached hydrogens (primary N) is 1. The maximum atomic E-state index is 13.3. The summed E-state index contributed by atoms with van der Waals surface area (Å²) in [5.74, 6) is 0.635. The van der Waals surface area contributed by atoms with Crippen molar-refractivity contribution in [1.29, 1.82) is 0 Å². The summed E-state index contributed by atoms with van der Waals surface area (Å²) in [6, 6.07) is 11.2. The van der Waals surface area contributed by atoms with Crippen molar-refractivity contribution in [3.05, 3.63) is 221 Å². The number of anilines is 2. The number of amides is 1. The third-order valence-corrected chi connectivity index (χ3v) is 18.5. The molecule has 0 aromatic carbocycles. The average Bonchev–Trinajstić information content (AvgIpc) is 1.62. The van der Waals surface area contributed by atoms with E-state index in [1.54, 1.807) is 96.1 Å². The van der Waals surface area contributed by atoms with Crippen molar-refractivity contribution >= 4 is 112 Å². The first-order valence-electron chi connectivity index (χ1n) is 37.0. The molecule has 0 aliphatic carbocycles. The smallest absolute Gasteiger partial charge is 0.287 e. The van der Waals surface area contributed by atoms with Gasteiger partial charge in [-0.25, -0.2) is 63.1 Å². The summed E-state index contributed by atoms with van der Waals surface area (Å²) in [6.07, 6.45) is 29.9. The van der Waals surface area contributed by atoms with Crippen LogP contribution in [0.15, 0.2) is 176 Å². The van der Waals surface area contributed by atoms with Crippen LogP contribution in [0.1, 0.15) is 159 Å². The minimum atomic E-state index is -0.525. The second-order valence-electron chi connectivity index (χ2n) is 29.0. The van der Waals surface area contributed by atoms with Gasteiger partial charge in [0.05, 0.1) is 48.9 Å². The second kappa shape index (κ2) is 33.3.